The van der Waals surface area contributed by atoms with Gasteiger partial charge in [0.05, 0.1) is 0 Å². The Hall–Kier alpha value is -3.67. The number of esters is 3. The molecule has 0 rings (SSSR count). The fraction of sp³-hybridized carbons (Fsp3) is 0.736. The van der Waals surface area contributed by atoms with Gasteiger partial charge in [-0.1, -0.05) is 298 Å². The minimum Gasteiger partial charge on any atom is -0.462 e. The minimum atomic E-state index is -0.781. The monoisotopic (exact) mass is 1080 g/mol. The molecule has 0 amide bonds. The lowest BCUT2D eigenvalue weighted by molar-refractivity contribution is -0.167. The predicted octanol–water partition coefficient (Wildman–Crippen LogP) is 22.8. The van der Waals surface area contributed by atoms with Crippen LogP contribution in [0.25, 0.3) is 0 Å². The van der Waals surface area contributed by atoms with Gasteiger partial charge < -0.3 is 14.2 Å². The molecule has 1 atom stereocenters. The van der Waals surface area contributed by atoms with Gasteiger partial charge in [0.2, 0.25) is 0 Å². The zero-order valence-electron chi connectivity index (χ0n) is 51.4. The highest BCUT2D eigenvalue weighted by atomic mass is 16.6. The van der Waals surface area contributed by atoms with E-state index in [1.807, 2.05) is 0 Å². The van der Waals surface area contributed by atoms with Gasteiger partial charge >= 0.3 is 17.9 Å². The van der Waals surface area contributed by atoms with Crippen molar-refractivity contribution in [1.82, 2.24) is 0 Å². The van der Waals surface area contributed by atoms with Crippen LogP contribution in [0.1, 0.15) is 323 Å². The molecular weight excluding hydrogens is 961 g/mol. The molecule has 6 heteroatoms. The van der Waals surface area contributed by atoms with Gasteiger partial charge in [-0.25, -0.2) is 0 Å². The summed E-state index contributed by atoms with van der Waals surface area (Å²) in [6.45, 7) is 6.53. The van der Waals surface area contributed by atoms with E-state index in [9.17, 15) is 14.4 Å². The number of carbonyl (C=O) groups is 3. The Morgan fingerprint density at radius 3 is 0.782 bits per heavy atom. The van der Waals surface area contributed by atoms with Crippen LogP contribution >= 0.6 is 0 Å². The second-order valence-electron chi connectivity index (χ2n) is 22.0. The van der Waals surface area contributed by atoms with Gasteiger partial charge in [0.15, 0.2) is 6.10 Å². The molecular formula is C72H124O6. The van der Waals surface area contributed by atoms with E-state index in [1.165, 1.54) is 180 Å². The molecule has 0 fully saturated rings. The Morgan fingerprint density at radius 1 is 0.269 bits per heavy atom. The summed E-state index contributed by atoms with van der Waals surface area (Å²) in [5, 5.41) is 0. The Labute approximate surface area is 483 Å². The molecule has 0 aromatic heterocycles. The van der Waals surface area contributed by atoms with Crippen molar-refractivity contribution in [2.45, 2.75) is 329 Å². The van der Waals surface area contributed by atoms with E-state index in [0.29, 0.717) is 19.3 Å². The summed E-state index contributed by atoms with van der Waals surface area (Å²) in [4.78, 5) is 38.3. The van der Waals surface area contributed by atoms with Gasteiger partial charge in [-0.15, -0.1) is 0 Å². The van der Waals surface area contributed by atoms with Crippen molar-refractivity contribution in [3.8, 4) is 0 Å². The first-order valence-corrected chi connectivity index (χ1v) is 33.2. The maximum atomic E-state index is 12.9. The number of rotatable bonds is 60. The molecule has 0 aliphatic heterocycles. The summed E-state index contributed by atoms with van der Waals surface area (Å²) in [6, 6.07) is 0. The SMILES string of the molecule is CC/C=C\C/C=C\C/C=C\C/C=C\C/C=C\C/C=C\CCCCCCCCCCCCC(=O)OCC(COC(=O)CCCCCCCCCCCC)OC(=O)CCCCCCCCCCC/C=C\C/C=C\CCCCCCC. The maximum absolute atomic E-state index is 12.9. The number of unbranched alkanes of at least 4 members (excludes halogenated alkanes) is 33. The van der Waals surface area contributed by atoms with Crippen LogP contribution in [0.5, 0.6) is 0 Å². The molecule has 0 saturated heterocycles. The van der Waals surface area contributed by atoms with E-state index in [4.69, 9.17) is 14.2 Å². The van der Waals surface area contributed by atoms with E-state index in [0.717, 1.165) is 103 Å². The molecule has 0 aliphatic rings. The maximum Gasteiger partial charge on any atom is 0.306 e. The lowest BCUT2D eigenvalue weighted by Crippen LogP contribution is -2.30. The summed E-state index contributed by atoms with van der Waals surface area (Å²) in [7, 11) is 0. The van der Waals surface area contributed by atoms with Crippen LogP contribution < -0.4 is 0 Å². The first kappa shape index (κ1) is 74.3. The number of allylic oxidation sites excluding steroid dienone is 16. The largest absolute Gasteiger partial charge is 0.462 e. The molecule has 78 heavy (non-hydrogen) atoms. The minimum absolute atomic E-state index is 0.0774. The lowest BCUT2D eigenvalue weighted by atomic mass is 10.1. The van der Waals surface area contributed by atoms with Crippen LogP contribution in [0.3, 0.4) is 0 Å². The number of ether oxygens (including phenoxy) is 3. The van der Waals surface area contributed by atoms with Crippen LogP contribution in [-0.4, -0.2) is 37.2 Å². The van der Waals surface area contributed by atoms with Crippen molar-refractivity contribution in [3.63, 3.8) is 0 Å². The highest BCUT2D eigenvalue weighted by Gasteiger charge is 2.19. The van der Waals surface area contributed by atoms with Crippen molar-refractivity contribution in [2.75, 3.05) is 13.2 Å². The highest BCUT2D eigenvalue weighted by molar-refractivity contribution is 5.71. The van der Waals surface area contributed by atoms with Gasteiger partial charge in [0, 0.05) is 19.3 Å². The molecule has 1 unspecified atom stereocenters. The van der Waals surface area contributed by atoms with Crippen molar-refractivity contribution >= 4 is 17.9 Å². The molecule has 0 aromatic carbocycles. The fourth-order valence-corrected chi connectivity index (χ4v) is 9.36. The van der Waals surface area contributed by atoms with Crippen molar-refractivity contribution in [1.29, 1.82) is 0 Å². The Bertz CT molecular complexity index is 1530. The Morgan fingerprint density at radius 2 is 0.500 bits per heavy atom. The molecule has 0 bridgehead atoms. The molecule has 0 heterocycles. The smallest absolute Gasteiger partial charge is 0.306 e. The zero-order chi connectivity index (χ0) is 56.4. The van der Waals surface area contributed by atoms with Crippen LogP contribution in [-0.2, 0) is 28.6 Å². The summed E-state index contributed by atoms with van der Waals surface area (Å²) < 4.78 is 16.9. The molecule has 0 N–H and O–H groups in total. The van der Waals surface area contributed by atoms with Crippen molar-refractivity contribution < 1.29 is 28.6 Å². The van der Waals surface area contributed by atoms with Gasteiger partial charge in [-0.05, 0) is 103 Å². The molecule has 0 spiro atoms. The van der Waals surface area contributed by atoms with Crippen molar-refractivity contribution in [2.24, 2.45) is 0 Å². The number of hydrogen-bond donors (Lipinski definition) is 0. The van der Waals surface area contributed by atoms with E-state index < -0.39 is 6.10 Å². The van der Waals surface area contributed by atoms with Crippen LogP contribution in [0.15, 0.2) is 97.2 Å². The summed E-state index contributed by atoms with van der Waals surface area (Å²) in [6.07, 6.45) is 88.5. The van der Waals surface area contributed by atoms with Crippen LogP contribution in [0.4, 0.5) is 0 Å². The third-order valence-corrected chi connectivity index (χ3v) is 14.3. The average molecular weight is 1090 g/mol. The van der Waals surface area contributed by atoms with Gasteiger partial charge in [-0.3, -0.25) is 14.4 Å². The highest BCUT2D eigenvalue weighted by Crippen LogP contribution is 2.16. The van der Waals surface area contributed by atoms with E-state index in [2.05, 4.69) is 118 Å². The quantitative estimate of drug-likeness (QED) is 0.0261. The zero-order valence-corrected chi connectivity index (χ0v) is 51.4. The lowest BCUT2D eigenvalue weighted by Gasteiger charge is -2.18. The first-order chi connectivity index (χ1) is 38.5. The van der Waals surface area contributed by atoms with E-state index in [1.54, 1.807) is 0 Å². The Kier molecular flexibility index (Phi) is 62.7. The topological polar surface area (TPSA) is 78.9 Å². The number of carbonyl (C=O) groups excluding carboxylic acids is 3. The second-order valence-corrected chi connectivity index (χ2v) is 22.0. The first-order valence-electron chi connectivity index (χ1n) is 33.2. The van der Waals surface area contributed by atoms with E-state index >= 15 is 0 Å². The molecule has 0 aliphatic carbocycles. The van der Waals surface area contributed by atoms with Crippen molar-refractivity contribution in [3.05, 3.63) is 97.2 Å². The summed E-state index contributed by atoms with van der Waals surface area (Å²) >= 11 is 0. The summed E-state index contributed by atoms with van der Waals surface area (Å²) in [5.41, 5.74) is 0. The predicted molar refractivity (Wildman–Crippen MR) is 339 cm³/mol. The molecule has 448 valence electrons. The van der Waals surface area contributed by atoms with E-state index in [-0.39, 0.29) is 31.1 Å². The third kappa shape index (κ3) is 63.2. The standard InChI is InChI=1S/C72H124O6/c1-4-7-10-13-16-19-22-24-26-28-30-32-33-34-35-36-37-38-39-41-42-44-46-48-50-53-56-59-62-65-71(74)77-68-69(67-76-70(73)64-61-58-55-52-21-18-15-12-9-6-3)78-72(75)66-63-60-57-54-51-49-47-45-43-40-31-29-27-25-23-20-17-14-11-8-5-2/h7,10,16,19,23-26,29-32,34-35,37-38,69H,4-6,8-9,11-15,17-18,20-22,27-28,33,36,39-68H2,1-3H3/b10-7-,19-16-,25-23-,26-24-,31-29-,32-30-,35-34-,38-37-. The Balaban J connectivity index is 4.24. The van der Waals surface area contributed by atoms with Gasteiger partial charge in [-0.2, -0.15) is 0 Å². The van der Waals surface area contributed by atoms with Gasteiger partial charge in [0.25, 0.3) is 0 Å². The fourth-order valence-electron chi connectivity index (χ4n) is 9.36. The van der Waals surface area contributed by atoms with Gasteiger partial charge in [0.1, 0.15) is 13.2 Å². The molecule has 0 radical (unpaired) electrons. The average Bonchev–Trinajstić information content (AvgIpc) is 3.44. The number of hydrogen-bond acceptors (Lipinski definition) is 6. The normalized spacial score (nSPS) is 12.7. The van der Waals surface area contributed by atoms with Crippen LogP contribution in [0, 0.1) is 0 Å². The summed E-state index contributed by atoms with van der Waals surface area (Å²) in [5.74, 6) is -0.876. The third-order valence-electron chi connectivity index (χ3n) is 14.3. The van der Waals surface area contributed by atoms with Crippen LogP contribution in [0.2, 0.25) is 0 Å². The molecule has 0 saturated carbocycles. The second kappa shape index (κ2) is 65.8. The molecule has 6 nitrogen and oxygen atoms in total. The molecule has 0 aromatic rings.